The number of hydrogen-bond donors (Lipinski definition) is 2. The number of hydrogen-bond acceptors (Lipinski definition) is 2. The standard InChI is InChI=1S/C23H28N2O2/c1-16(20-13-12-18-8-6-7-11-21(18)14-20)24-23(27)15-22(25-17(2)26)19-9-4-3-5-10-19/h3-5,9-10,12-14,16,22H,6-8,11,15H2,1-2H3,(H,24,27)(H,25,26)/t16-,22-/m0/s1. The van der Waals surface area contributed by atoms with Gasteiger partial charge in [0.05, 0.1) is 18.5 Å². The molecule has 2 atom stereocenters. The molecule has 0 spiro atoms. The Labute approximate surface area is 161 Å². The van der Waals surface area contributed by atoms with Crippen LogP contribution in [0, 0.1) is 0 Å². The maximum atomic E-state index is 12.6. The molecule has 1 aliphatic carbocycles. The van der Waals surface area contributed by atoms with Gasteiger partial charge in [0.2, 0.25) is 11.8 Å². The van der Waals surface area contributed by atoms with Crippen LogP contribution in [0.4, 0.5) is 0 Å². The largest absolute Gasteiger partial charge is 0.350 e. The number of fused-ring (bicyclic) bond motifs is 1. The fourth-order valence-corrected chi connectivity index (χ4v) is 3.77. The van der Waals surface area contributed by atoms with Crippen LogP contribution in [-0.4, -0.2) is 11.8 Å². The molecule has 142 valence electrons. The van der Waals surface area contributed by atoms with E-state index in [0.717, 1.165) is 24.0 Å². The fourth-order valence-electron chi connectivity index (χ4n) is 3.77. The Morgan fingerprint density at radius 1 is 0.926 bits per heavy atom. The van der Waals surface area contributed by atoms with Crippen LogP contribution in [0.2, 0.25) is 0 Å². The summed E-state index contributed by atoms with van der Waals surface area (Å²) in [5, 5.41) is 5.97. The number of rotatable bonds is 6. The first-order valence-electron chi connectivity index (χ1n) is 9.76. The first kappa shape index (κ1) is 19.2. The zero-order valence-electron chi connectivity index (χ0n) is 16.1. The zero-order valence-corrected chi connectivity index (χ0v) is 16.1. The van der Waals surface area contributed by atoms with Crippen LogP contribution in [-0.2, 0) is 22.4 Å². The van der Waals surface area contributed by atoms with Crippen LogP contribution in [0.3, 0.4) is 0 Å². The molecule has 4 nitrogen and oxygen atoms in total. The van der Waals surface area contributed by atoms with E-state index in [1.165, 1.54) is 30.9 Å². The lowest BCUT2D eigenvalue weighted by Gasteiger charge is -2.22. The SMILES string of the molecule is CC(=O)N[C@@H](CC(=O)N[C@@H](C)c1ccc2c(c1)CCCC2)c1ccccc1. The quantitative estimate of drug-likeness (QED) is 0.814. The van der Waals surface area contributed by atoms with Gasteiger partial charge in [0.25, 0.3) is 0 Å². The highest BCUT2D eigenvalue weighted by atomic mass is 16.2. The molecule has 0 saturated heterocycles. The number of nitrogens with one attached hydrogen (secondary N) is 2. The van der Waals surface area contributed by atoms with Gasteiger partial charge in [0, 0.05) is 6.92 Å². The molecule has 0 bridgehead atoms. The van der Waals surface area contributed by atoms with Gasteiger partial charge in [-0.1, -0.05) is 48.5 Å². The number of carbonyl (C=O) groups excluding carboxylic acids is 2. The van der Waals surface area contributed by atoms with Gasteiger partial charge in [0.15, 0.2) is 0 Å². The van der Waals surface area contributed by atoms with E-state index < -0.39 is 0 Å². The normalized spacial score (nSPS) is 15.3. The lowest BCUT2D eigenvalue weighted by Crippen LogP contribution is -2.33. The summed E-state index contributed by atoms with van der Waals surface area (Å²) in [6.45, 7) is 3.49. The van der Waals surface area contributed by atoms with Gasteiger partial charge in [-0.15, -0.1) is 0 Å². The molecule has 0 radical (unpaired) electrons. The van der Waals surface area contributed by atoms with E-state index >= 15 is 0 Å². The Morgan fingerprint density at radius 3 is 2.33 bits per heavy atom. The van der Waals surface area contributed by atoms with Gasteiger partial charge in [-0.3, -0.25) is 9.59 Å². The fraction of sp³-hybridized carbons (Fsp3) is 0.391. The second-order valence-corrected chi connectivity index (χ2v) is 7.39. The molecule has 0 unspecified atom stereocenters. The van der Waals surface area contributed by atoms with Crippen molar-refractivity contribution in [2.24, 2.45) is 0 Å². The van der Waals surface area contributed by atoms with Crippen molar-refractivity contribution in [2.75, 3.05) is 0 Å². The predicted octanol–water partition coefficient (Wildman–Crippen LogP) is 4.01. The Morgan fingerprint density at radius 2 is 1.63 bits per heavy atom. The highest BCUT2D eigenvalue weighted by Crippen LogP contribution is 2.25. The van der Waals surface area contributed by atoms with Gasteiger partial charge < -0.3 is 10.6 Å². The molecule has 2 aromatic carbocycles. The topological polar surface area (TPSA) is 58.2 Å². The second kappa shape index (κ2) is 8.85. The average Bonchev–Trinajstić information content (AvgIpc) is 2.67. The van der Waals surface area contributed by atoms with Crippen LogP contribution in [0.25, 0.3) is 0 Å². The van der Waals surface area contributed by atoms with Crippen molar-refractivity contribution in [1.29, 1.82) is 0 Å². The molecular formula is C23H28N2O2. The molecule has 0 saturated carbocycles. The monoisotopic (exact) mass is 364 g/mol. The number of carbonyl (C=O) groups is 2. The van der Waals surface area contributed by atoms with Crippen LogP contribution in [0.1, 0.15) is 67.4 Å². The summed E-state index contributed by atoms with van der Waals surface area (Å²) in [4.78, 5) is 24.2. The molecular weight excluding hydrogens is 336 g/mol. The second-order valence-electron chi connectivity index (χ2n) is 7.39. The van der Waals surface area contributed by atoms with Crippen LogP contribution >= 0.6 is 0 Å². The molecule has 3 rings (SSSR count). The maximum absolute atomic E-state index is 12.6. The van der Waals surface area contributed by atoms with E-state index in [0.29, 0.717) is 0 Å². The predicted molar refractivity (Wildman–Crippen MR) is 107 cm³/mol. The lowest BCUT2D eigenvalue weighted by molar-refractivity contribution is -0.123. The van der Waals surface area contributed by atoms with Gasteiger partial charge in [-0.2, -0.15) is 0 Å². The number of aryl methyl sites for hydroxylation is 2. The average molecular weight is 364 g/mol. The smallest absolute Gasteiger partial charge is 0.222 e. The Balaban J connectivity index is 1.65. The third-order valence-corrected chi connectivity index (χ3v) is 5.22. The molecule has 0 heterocycles. The molecule has 4 heteroatoms. The molecule has 0 aromatic heterocycles. The molecule has 1 aliphatic rings. The van der Waals surface area contributed by atoms with E-state index in [4.69, 9.17) is 0 Å². The molecule has 0 aliphatic heterocycles. The lowest BCUT2D eigenvalue weighted by atomic mass is 9.89. The van der Waals surface area contributed by atoms with Crippen molar-refractivity contribution < 1.29 is 9.59 Å². The van der Waals surface area contributed by atoms with Crippen LogP contribution in [0.5, 0.6) is 0 Å². The van der Waals surface area contributed by atoms with Gasteiger partial charge in [0.1, 0.15) is 0 Å². The summed E-state index contributed by atoms with van der Waals surface area (Å²) in [6.07, 6.45) is 5.02. The van der Waals surface area contributed by atoms with Gasteiger partial charge in [-0.25, -0.2) is 0 Å². The summed E-state index contributed by atoms with van der Waals surface area (Å²) in [5.41, 5.74) is 4.93. The van der Waals surface area contributed by atoms with E-state index in [2.05, 4.69) is 28.8 Å². The third kappa shape index (κ3) is 5.19. The Kier molecular flexibility index (Phi) is 6.28. The third-order valence-electron chi connectivity index (χ3n) is 5.22. The number of amides is 2. The first-order chi connectivity index (χ1) is 13.0. The van der Waals surface area contributed by atoms with E-state index in [1.54, 1.807) is 0 Å². The summed E-state index contributed by atoms with van der Waals surface area (Å²) in [6, 6.07) is 15.8. The van der Waals surface area contributed by atoms with Gasteiger partial charge >= 0.3 is 0 Å². The summed E-state index contributed by atoms with van der Waals surface area (Å²) < 4.78 is 0. The van der Waals surface area contributed by atoms with E-state index in [-0.39, 0.29) is 30.3 Å². The highest BCUT2D eigenvalue weighted by Gasteiger charge is 2.19. The molecule has 2 aromatic rings. The van der Waals surface area contributed by atoms with Crippen molar-refractivity contribution in [3.8, 4) is 0 Å². The van der Waals surface area contributed by atoms with E-state index in [9.17, 15) is 9.59 Å². The van der Waals surface area contributed by atoms with Crippen LogP contribution < -0.4 is 10.6 Å². The Bertz CT molecular complexity index is 801. The summed E-state index contributed by atoms with van der Waals surface area (Å²) in [7, 11) is 0. The van der Waals surface area contributed by atoms with Crippen molar-refractivity contribution >= 4 is 11.8 Å². The number of benzene rings is 2. The minimum atomic E-state index is -0.320. The van der Waals surface area contributed by atoms with Crippen molar-refractivity contribution in [3.05, 3.63) is 70.8 Å². The minimum absolute atomic E-state index is 0.0570. The minimum Gasteiger partial charge on any atom is -0.350 e. The zero-order chi connectivity index (χ0) is 19.2. The molecule has 27 heavy (non-hydrogen) atoms. The maximum Gasteiger partial charge on any atom is 0.222 e. The highest BCUT2D eigenvalue weighted by molar-refractivity contribution is 5.79. The first-order valence-corrected chi connectivity index (χ1v) is 9.76. The van der Waals surface area contributed by atoms with Gasteiger partial charge in [-0.05, 0) is 54.9 Å². The Hall–Kier alpha value is -2.62. The molecule has 0 fully saturated rings. The van der Waals surface area contributed by atoms with Crippen molar-refractivity contribution in [3.63, 3.8) is 0 Å². The molecule has 2 amide bonds. The molecule has 2 N–H and O–H groups in total. The summed E-state index contributed by atoms with van der Waals surface area (Å²) >= 11 is 0. The van der Waals surface area contributed by atoms with Crippen LogP contribution in [0.15, 0.2) is 48.5 Å². The van der Waals surface area contributed by atoms with Crippen molar-refractivity contribution in [2.45, 2.75) is 58.0 Å². The van der Waals surface area contributed by atoms with Crippen molar-refractivity contribution in [1.82, 2.24) is 10.6 Å². The van der Waals surface area contributed by atoms with E-state index in [1.807, 2.05) is 37.3 Å². The summed E-state index contributed by atoms with van der Waals surface area (Å²) in [5.74, 6) is -0.206.